The summed E-state index contributed by atoms with van der Waals surface area (Å²) in [4.78, 5) is 12.1. The third-order valence-corrected chi connectivity index (χ3v) is 2.71. The zero-order chi connectivity index (χ0) is 14.5. The second kappa shape index (κ2) is 6.09. The van der Waals surface area contributed by atoms with Gasteiger partial charge in [-0.25, -0.2) is 0 Å². The fourth-order valence-corrected chi connectivity index (χ4v) is 1.76. The Labute approximate surface area is 118 Å². The average Bonchev–Trinajstić information content (AvgIpc) is 2.85. The maximum Gasteiger partial charge on any atom is 0.291 e. The van der Waals surface area contributed by atoms with E-state index in [2.05, 4.69) is 17.2 Å². The summed E-state index contributed by atoms with van der Waals surface area (Å²) in [5.41, 5.74) is 7.84. The summed E-state index contributed by atoms with van der Waals surface area (Å²) >= 11 is 0. The molecule has 0 spiro atoms. The Bertz CT molecular complexity index is 690. The summed E-state index contributed by atoms with van der Waals surface area (Å²) in [6, 6.07) is 9.04. The predicted molar refractivity (Wildman–Crippen MR) is 78.5 cm³/mol. The van der Waals surface area contributed by atoms with Crippen LogP contribution < -0.4 is 11.1 Å². The number of nitrogens with two attached hydrogens (primary N) is 1. The van der Waals surface area contributed by atoms with Gasteiger partial charge in [0.2, 0.25) is 0 Å². The first-order valence-corrected chi connectivity index (χ1v) is 6.27. The highest BCUT2D eigenvalue weighted by Crippen LogP contribution is 2.18. The first kappa shape index (κ1) is 13.9. The van der Waals surface area contributed by atoms with Crippen LogP contribution in [0.2, 0.25) is 0 Å². The van der Waals surface area contributed by atoms with Gasteiger partial charge in [-0.1, -0.05) is 17.9 Å². The van der Waals surface area contributed by atoms with E-state index >= 15 is 0 Å². The molecule has 2 rings (SSSR count). The number of furan rings is 1. The van der Waals surface area contributed by atoms with Crippen LogP contribution >= 0.6 is 0 Å². The van der Waals surface area contributed by atoms with E-state index in [1.54, 1.807) is 19.1 Å². The van der Waals surface area contributed by atoms with Crippen molar-refractivity contribution in [3.8, 4) is 11.8 Å². The molecule has 20 heavy (non-hydrogen) atoms. The molecule has 0 aliphatic heterocycles. The Hall–Kier alpha value is -2.51. The van der Waals surface area contributed by atoms with Crippen LogP contribution in [0.25, 0.3) is 0 Å². The van der Waals surface area contributed by atoms with Crippen molar-refractivity contribution >= 4 is 11.6 Å². The largest absolute Gasteiger partial charge is 0.456 e. The Morgan fingerprint density at radius 1 is 1.30 bits per heavy atom. The van der Waals surface area contributed by atoms with Gasteiger partial charge in [-0.15, -0.1) is 0 Å². The smallest absolute Gasteiger partial charge is 0.291 e. The summed E-state index contributed by atoms with van der Waals surface area (Å²) in [5.74, 6) is 6.43. The SMILES string of the molecule is Cc1ccc(NC(=O)c2ccc(C)o2)c(C#CCN)c1. The summed E-state index contributed by atoms with van der Waals surface area (Å²) in [5, 5.41) is 2.80. The molecule has 0 bridgehead atoms. The van der Waals surface area contributed by atoms with E-state index in [9.17, 15) is 4.79 Å². The average molecular weight is 268 g/mol. The van der Waals surface area contributed by atoms with E-state index < -0.39 is 0 Å². The molecule has 102 valence electrons. The quantitative estimate of drug-likeness (QED) is 0.822. The molecule has 4 heteroatoms. The fourth-order valence-electron chi connectivity index (χ4n) is 1.76. The van der Waals surface area contributed by atoms with Crippen LogP contribution in [0, 0.1) is 25.7 Å². The van der Waals surface area contributed by atoms with Gasteiger partial charge in [0.1, 0.15) is 5.76 Å². The first-order chi connectivity index (χ1) is 9.60. The molecule has 0 atom stereocenters. The van der Waals surface area contributed by atoms with Crippen LogP contribution in [0.1, 0.15) is 27.4 Å². The van der Waals surface area contributed by atoms with E-state index in [4.69, 9.17) is 10.2 Å². The van der Waals surface area contributed by atoms with Crippen LogP contribution in [0.5, 0.6) is 0 Å². The number of rotatable bonds is 2. The molecule has 3 N–H and O–H groups in total. The molecule has 1 aromatic carbocycles. The van der Waals surface area contributed by atoms with Crippen molar-refractivity contribution in [2.45, 2.75) is 13.8 Å². The van der Waals surface area contributed by atoms with Crippen molar-refractivity contribution in [2.24, 2.45) is 5.73 Å². The van der Waals surface area contributed by atoms with Gasteiger partial charge in [0.05, 0.1) is 12.2 Å². The predicted octanol–water partition coefficient (Wildman–Crippen LogP) is 2.46. The maximum atomic E-state index is 12.1. The molecule has 0 unspecified atom stereocenters. The van der Waals surface area contributed by atoms with Crippen molar-refractivity contribution in [1.82, 2.24) is 0 Å². The molecule has 0 aliphatic carbocycles. The molecule has 2 aromatic rings. The lowest BCUT2D eigenvalue weighted by atomic mass is 10.1. The van der Waals surface area contributed by atoms with Gasteiger partial charge in [-0.05, 0) is 43.7 Å². The minimum atomic E-state index is -0.294. The Morgan fingerprint density at radius 3 is 2.75 bits per heavy atom. The van der Waals surface area contributed by atoms with Gasteiger partial charge in [0.15, 0.2) is 5.76 Å². The molecule has 1 amide bonds. The number of carbonyl (C=O) groups excluding carboxylic acids is 1. The molecule has 0 saturated carbocycles. The fraction of sp³-hybridized carbons (Fsp3) is 0.188. The van der Waals surface area contributed by atoms with Gasteiger partial charge in [-0.2, -0.15) is 0 Å². The van der Waals surface area contributed by atoms with Crippen LogP contribution in [0.15, 0.2) is 34.7 Å². The lowest BCUT2D eigenvalue weighted by molar-refractivity contribution is 0.0995. The molecule has 4 nitrogen and oxygen atoms in total. The lowest BCUT2D eigenvalue weighted by Gasteiger charge is -2.07. The number of hydrogen-bond acceptors (Lipinski definition) is 3. The summed E-state index contributed by atoms with van der Waals surface area (Å²) in [6.07, 6.45) is 0. The highest BCUT2D eigenvalue weighted by molar-refractivity contribution is 6.03. The summed E-state index contributed by atoms with van der Waals surface area (Å²) < 4.78 is 5.29. The first-order valence-electron chi connectivity index (χ1n) is 6.27. The summed E-state index contributed by atoms with van der Waals surface area (Å²) in [7, 11) is 0. The Kier molecular flexibility index (Phi) is 4.24. The molecule has 1 aromatic heterocycles. The minimum absolute atomic E-state index is 0.276. The molecule has 0 saturated heterocycles. The van der Waals surface area contributed by atoms with Gasteiger partial charge in [0.25, 0.3) is 5.91 Å². The molecule has 0 aliphatic rings. The van der Waals surface area contributed by atoms with Crippen molar-refractivity contribution in [1.29, 1.82) is 0 Å². The molecular weight excluding hydrogens is 252 g/mol. The third-order valence-electron chi connectivity index (χ3n) is 2.71. The number of aryl methyl sites for hydroxylation is 2. The van der Waals surface area contributed by atoms with Crippen LogP contribution in [0.3, 0.4) is 0 Å². The van der Waals surface area contributed by atoms with Crippen molar-refractivity contribution in [2.75, 3.05) is 11.9 Å². The monoisotopic (exact) mass is 268 g/mol. The third kappa shape index (κ3) is 3.28. The van der Waals surface area contributed by atoms with Crippen LogP contribution in [-0.4, -0.2) is 12.5 Å². The van der Waals surface area contributed by atoms with E-state index in [1.807, 2.05) is 25.1 Å². The number of amides is 1. The van der Waals surface area contributed by atoms with Crippen molar-refractivity contribution in [3.05, 3.63) is 53.0 Å². The second-order valence-electron chi connectivity index (χ2n) is 4.42. The molecule has 0 radical (unpaired) electrons. The minimum Gasteiger partial charge on any atom is -0.456 e. The highest BCUT2D eigenvalue weighted by Gasteiger charge is 2.11. The van der Waals surface area contributed by atoms with Gasteiger partial charge in [0, 0.05) is 5.56 Å². The van der Waals surface area contributed by atoms with Gasteiger partial charge >= 0.3 is 0 Å². The second-order valence-corrected chi connectivity index (χ2v) is 4.42. The van der Waals surface area contributed by atoms with E-state index in [0.29, 0.717) is 11.4 Å². The normalized spacial score (nSPS) is 9.75. The van der Waals surface area contributed by atoms with Crippen molar-refractivity contribution in [3.63, 3.8) is 0 Å². The van der Waals surface area contributed by atoms with Crippen molar-refractivity contribution < 1.29 is 9.21 Å². The number of benzene rings is 1. The van der Waals surface area contributed by atoms with Crippen LogP contribution in [0.4, 0.5) is 5.69 Å². The standard InChI is InChI=1S/C16H16N2O2/c1-11-5-7-14(13(10-11)4-3-9-17)18-16(19)15-8-6-12(2)20-15/h5-8,10H,9,17H2,1-2H3,(H,18,19). The zero-order valence-corrected chi connectivity index (χ0v) is 11.5. The zero-order valence-electron chi connectivity index (χ0n) is 11.5. The van der Waals surface area contributed by atoms with E-state index in [-0.39, 0.29) is 18.2 Å². The topological polar surface area (TPSA) is 68.3 Å². The number of hydrogen-bond donors (Lipinski definition) is 2. The number of carbonyl (C=O) groups is 1. The number of nitrogens with one attached hydrogen (secondary N) is 1. The Balaban J connectivity index is 2.26. The Morgan fingerprint density at radius 2 is 2.10 bits per heavy atom. The molecule has 0 fully saturated rings. The molecular formula is C16H16N2O2. The maximum absolute atomic E-state index is 12.1. The summed E-state index contributed by atoms with van der Waals surface area (Å²) in [6.45, 7) is 4.04. The number of anilines is 1. The molecule has 1 heterocycles. The van der Waals surface area contributed by atoms with Gasteiger partial charge < -0.3 is 15.5 Å². The van der Waals surface area contributed by atoms with Gasteiger partial charge in [-0.3, -0.25) is 4.79 Å². The lowest BCUT2D eigenvalue weighted by Crippen LogP contribution is -2.12. The highest BCUT2D eigenvalue weighted by atomic mass is 16.3. The van der Waals surface area contributed by atoms with E-state index in [1.165, 1.54) is 0 Å². The van der Waals surface area contributed by atoms with E-state index in [0.717, 1.165) is 11.1 Å². The van der Waals surface area contributed by atoms with Crippen LogP contribution in [-0.2, 0) is 0 Å².